The van der Waals surface area contributed by atoms with Gasteiger partial charge in [-0.3, -0.25) is 4.79 Å². The van der Waals surface area contributed by atoms with Crippen LogP contribution in [0.1, 0.15) is 28.4 Å². The summed E-state index contributed by atoms with van der Waals surface area (Å²) in [7, 11) is 0. The van der Waals surface area contributed by atoms with Gasteiger partial charge >= 0.3 is 0 Å². The van der Waals surface area contributed by atoms with Gasteiger partial charge in [-0.1, -0.05) is 41.9 Å². The van der Waals surface area contributed by atoms with Gasteiger partial charge in [-0.2, -0.15) is 0 Å². The smallest absolute Gasteiger partial charge is 0.255 e. The molecular weight excluding hydrogens is 462 g/mol. The van der Waals surface area contributed by atoms with Crippen LogP contribution in [0.15, 0.2) is 91.0 Å². The molecule has 0 saturated carbocycles. The van der Waals surface area contributed by atoms with E-state index in [1.165, 1.54) is 0 Å². The quantitative estimate of drug-likeness (QED) is 0.263. The third-order valence-electron chi connectivity index (χ3n) is 5.25. The van der Waals surface area contributed by atoms with E-state index in [4.69, 9.17) is 25.8 Å². The van der Waals surface area contributed by atoms with E-state index in [9.17, 15) is 4.79 Å². The standard InChI is InChI=1S/C29H26ClNO4/c1-3-33-27-16-13-21(18-22(27)19-34-24-14-15-25(30)20(2)17-24)29(32)31-26-11-7-8-12-28(26)35-23-9-5-4-6-10-23/h4-18H,3,19H2,1-2H3,(H,31,32). The molecule has 0 aliphatic rings. The molecule has 0 aromatic heterocycles. The number of carbonyl (C=O) groups is 1. The third kappa shape index (κ3) is 6.34. The van der Waals surface area contributed by atoms with E-state index in [-0.39, 0.29) is 12.5 Å². The Kier molecular flexibility index (Phi) is 7.91. The lowest BCUT2D eigenvalue weighted by atomic mass is 10.1. The lowest BCUT2D eigenvalue weighted by molar-refractivity contribution is 0.102. The Bertz CT molecular complexity index is 1310. The van der Waals surface area contributed by atoms with Crippen molar-refractivity contribution in [3.63, 3.8) is 0 Å². The summed E-state index contributed by atoms with van der Waals surface area (Å²) in [6, 6.07) is 27.5. The van der Waals surface area contributed by atoms with Gasteiger partial charge in [0.1, 0.15) is 23.9 Å². The fourth-order valence-corrected chi connectivity index (χ4v) is 3.58. The summed E-state index contributed by atoms with van der Waals surface area (Å²) in [6.07, 6.45) is 0. The van der Waals surface area contributed by atoms with Crippen molar-refractivity contribution >= 4 is 23.2 Å². The molecule has 0 fully saturated rings. The summed E-state index contributed by atoms with van der Waals surface area (Å²) >= 11 is 6.11. The summed E-state index contributed by atoms with van der Waals surface area (Å²) in [4.78, 5) is 13.1. The first-order chi connectivity index (χ1) is 17.0. The molecular formula is C29H26ClNO4. The summed E-state index contributed by atoms with van der Waals surface area (Å²) in [5.74, 6) is 2.34. The maximum absolute atomic E-state index is 13.1. The molecule has 4 rings (SSSR count). The fraction of sp³-hybridized carbons (Fsp3) is 0.138. The number of carbonyl (C=O) groups excluding carboxylic acids is 1. The average molecular weight is 488 g/mol. The molecule has 0 aliphatic carbocycles. The number of benzene rings is 4. The average Bonchev–Trinajstić information content (AvgIpc) is 2.87. The number of hydrogen-bond donors (Lipinski definition) is 1. The predicted molar refractivity (Wildman–Crippen MR) is 139 cm³/mol. The lowest BCUT2D eigenvalue weighted by Gasteiger charge is -2.15. The highest BCUT2D eigenvalue weighted by Crippen LogP contribution is 2.30. The number of rotatable bonds is 9. The van der Waals surface area contributed by atoms with E-state index in [2.05, 4.69) is 5.32 Å². The van der Waals surface area contributed by atoms with Crippen molar-refractivity contribution in [2.24, 2.45) is 0 Å². The van der Waals surface area contributed by atoms with Crippen LogP contribution >= 0.6 is 11.6 Å². The summed E-state index contributed by atoms with van der Waals surface area (Å²) in [6.45, 7) is 4.58. The molecule has 4 aromatic carbocycles. The van der Waals surface area contributed by atoms with Crippen LogP contribution in [0.25, 0.3) is 0 Å². The minimum atomic E-state index is -0.263. The Morgan fingerprint density at radius 2 is 1.60 bits per heavy atom. The number of nitrogens with one attached hydrogen (secondary N) is 1. The number of anilines is 1. The van der Waals surface area contributed by atoms with Crippen molar-refractivity contribution in [3.05, 3.63) is 113 Å². The van der Waals surface area contributed by atoms with Gasteiger partial charge in [-0.25, -0.2) is 0 Å². The van der Waals surface area contributed by atoms with Gasteiger partial charge in [0.05, 0.1) is 12.3 Å². The minimum absolute atomic E-state index is 0.241. The number of halogens is 1. The van der Waals surface area contributed by atoms with Crippen molar-refractivity contribution < 1.29 is 19.0 Å². The topological polar surface area (TPSA) is 56.8 Å². The maximum atomic E-state index is 13.1. The SMILES string of the molecule is CCOc1ccc(C(=O)Nc2ccccc2Oc2ccccc2)cc1COc1ccc(Cl)c(C)c1. The van der Waals surface area contributed by atoms with E-state index in [0.29, 0.717) is 45.9 Å². The molecule has 0 spiro atoms. The maximum Gasteiger partial charge on any atom is 0.255 e. The molecule has 0 bridgehead atoms. The van der Waals surface area contributed by atoms with Gasteiger partial charge in [-0.05, 0) is 80.1 Å². The highest BCUT2D eigenvalue weighted by Gasteiger charge is 2.14. The molecule has 1 amide bonds. The van der Waals surface area contributed by atoms with Gasteiger partial charge in [0.2, 0.25) is 0 Å². The van der Waals surface area contributed by atoms with Crippen LogP contribution in [0.2, 0.25) is 5.02 Å². The lowest BCUT2D eigenvalue weighted by Crippen LogP contribution is -2.13. The molecule has 5 nitrogen and oxygen atoms in total. The highest BCUT2D eigenvalue weighted by molar-refractivity contribution is 6.31. The summed E-state index contributed by atoms with van der Waals surface area (Å²) < 4.78 is 17.7. The van der Waals surface area contributed by atoms with E-state index in [0.717, 1.165) is 11.1 Å². The molecule has 1 N–H and O–H groups in total. The first-order valence-electron chi connectivity index (χ1n) is 11.3. The van der Waals surface area contributed by atoms with Crippen LogP contribution in [-0.2, 0) is 6.61 Å². The third-order valence-corrected chi connectivity index (χ3v) is 5.68. The van der Waals surface area contributed by atoms with Gasteiger partial charge in [0.25, 0.3) is 5.91 Å². The van der Waals surface area contributed by atoms with Crippen LogP contribution in [0.5, 0.6) is 23.0 Å². The van der Waals surface area contributed by atoms with Crippen LogP contribution in [0.3, 0.4) is 0 Å². The summed E-state index contributed by atoms with van der Waals surface area (Å²) in [5.41, 5.74) is 2.75. The fourth-order valence-electron chi connectivity index (χ4n) is 3.47. The molecule has 0 radical (unpaired) electrons. The van der Waals surface area contributed by atoms with Gasteiger partial charge < -0.3 is 19.5 Å². The first-order valence-corrected chi connectivity index (χ1v) is 11.7. The van der Waals surface area contributed by atoms with Crippen molar-refractivity contribution in [1.82, 2.24) is 0 Å². The monoisotopic (exact) mass is 487 g/mol. The number of aryl methyl sites for hydroxylation is 1. The van der Waals surface area contributed by atoms with Crippen molar-refractivity contribution in [1.29, 1.82) is 0 Å². The molecule has 0 atom stereocenters. The Morgan fingerprint density at radius 1 is 0.829 bits per heavy atom. The molecule has 178 valence electrons. The zero-order valence-corrected chi connectivity index (χ0v) is 20.3. The van der Waals surface area contributed by atoms with E-state index >= 15 is 0 Å². The summed E-state index contributed by atoms with van der Waals surface area (Å²) in [5, 5.41) is 3.64. The van der Waals surface area contributed by atoms with E-state index in [1.807, 2.05) is 74.5 Å². The molecule has 4 aromatic rings. The van der Waals surface area contributed by atoms with Gasteiger partial charge in [-0.15, -0.1) is 0 Å². The van der Waals surface area contributed by atoms with Crippen LogP contribution in [0, 0.1) is 6.92 Å². The zero-order chi connectivity index (χ0) is 24.6. The van der Waals surface area contributed by atoms with Crippen molar-refractivity contribution in [2.45, 2.75) is 20.5 Å². The Labute approximate surface area is 210 Å². The number of amides is 1. The number of para-hydroxylation sites is 3. The second-order valence-corrected chi connectivity index (χ2v) is 8.23. The molecule has 6 heteroatoms. The van der Waals surface area contributed by atoms with Gasteiger partial charge in [0, 0.05) is 16.1 Å². The Hall–Kier alpha value is -3.96. The van der Waals surface area contributed by atoms with E-state index < -0.39 is 0 Å². The molecule has 0 heterocycles. The normalized spacial score (nSPS) is 10.5. The van der Waals surface area contributed by atoms with E-state index in [1.54, 1.807) is 30.3 Å². The Balaban J connectivity index is 1.52. The number of ether oxygens (including phenoxy) is 3. The van der Waals surface area contributed by atoms with Crippen molar-refractivity contribution in [2.75, 3.05) is 11.9 Å². The molecule has 0 saturated heterocycles. The first kappa shape index (κ1) is 24.2. The highest BCUT2D eigenvalue weighted by atomic mass is 35.5. The molecule has 0 aliphatic heterocycles. The van der Waals surface area contributed by atoms with Crippen molar-refractivity contribution in [3.8, 4) is 23.0 Å². The van der Waals surface area contributed by atoms with Gasteiger partial charge in [0.15, 0.2) is 5.75 Å². The second-order valence-electron chi connectivity index (χ2n) is 7.82. The number of hydrogen-bond acceptors (Lipinski definition) is 4. The second kappa shape index (κ2) is 11.4. The van der Waals surface area contributed by atoms with Crippen LogP contribution in [0.4, 0.5) is 5.69 Å². The zero-order valence-electron chi connectivity index (χ0n) is 19.6. The predicted octanol–water partition coefficient (Wildman–Crippen LogP) is 7.67. The molecule has 0 unspecified atom stereocenters. The minimum Gasteiger partial charge on any atom is -0.493 e. The van der Waals surface area contributed by atoms with Crippen LogP contribution < -0.4 is 19.5 Å². The van der Waals surface area contributed by atoms with Crippen LogP contribution in [-0.4, -0.2) is 12.5 Å². The largest absolute Gasteiger partial charge is 0.493 e. The molecule has 35 heavy (non-hydrogen) atoms. The Morgan fingerprint density at radius 3 is 2.37 bits per heavy atom.